The molecule has 1 aliphatic heterocycles. The van der Waals surface area contributed by atoms with Gasteiger partial charge >= 0.3 is 12.2 Å². The number of anilines is 1. The number of urea groups is 1. The summed E-state index contributed by atoms with van der Waals surface area (Å²) in [5, 5.41) is 11.0. The minimum absolute atomic E-state index is 0.193. The second kappa shape index (κ2) is 7.55. The van der Waals surface area contributed by atoms with Crippen LogP contribution in [-0.4, -0.2) is 24.1 Å². The third kappa shape index (κ3) is 3.98. The Morgan fingerprint density at radius 1 is 1.10 bits per heavy atom. The van der Waals surface area contributed by atoms with Gasteiger partial charge in [0.05, 0.1) is 22.5 Å². The van der Waals surface area contributed by atoms with Crippen LogP contribution in [0.25, 0.3) is 0 Å². The normalized spacial score (nSPS) is 17.4. The summed E-state index contributed by atoms with van der Waals surface area (Å²) in [4.78, 5) is 41.3. The fourth-order valence-corrected chi connectivity index (χ4v) is 2.62. The van der Waals surface area contributed by atoms with Gasteiger partial charge in [-0.25, -0.2) is 9.69 Å². The second-order valence-electron chi connectivity index (χ2n) is 5.90. The van der Waals surface area contributed by atoms with Crippen molar-refractivity contribution >= 4 is 35.4 Å². The molecule has 4 amide bonds. The molecule has 1 heterocycles. The van der Waals surface area contributed by atoms with Crippen LogP contribution in [0.15, 0.2) is 53.5 Å². The van der Waals surface area contributed by atoms with Gasteiger partial charge in [0.15, 0.2) is 5.92 Å². The molecule has 3 rings (SSSR count). The number of aliphatic imine (C=N–C) groups is 1. The van der Waals surface area contributed by atoms with Gasteiger partial charge in [-0.3, -0.25) is 19.9 Å². The van der Waals surface area contributed by atoms with E-state index in [0.29, 0.717) is 11.0 Å². The molecule has 10 heteroatoms. The van der Waals surface area contributed by atoms with Gasteiger partial charge in [0, 0.05) is 6.21 Å². The van der Waals surface area contributed by atoms with Gasteiger partial charge in [-0.2, -0.15) is 18.4 Å². The van der Waals surface area contributed by atoms with Crippen LogP contribution < -0.4 is 10.2 Å². The van der Waals surface area contributed by atoms with Gasteiger partial charge in [-0.05, 0) is 30.3 Å². The van der Waals surface area contributed by atoms with Gasteiger partial charge in [0.25, 0.3) is 5.91 Å². The van der Waals surface area contributed by atoms with Crippen molar-refractivity contribution in [2.24, 2.45) is 10.9 Å². The van der Waals surface area contributed by atoms with Crippen LogP contribution in [0.1, 0.15) is 11.1 Å². The first-order valence-corrected chi connectivity index (χ1v) is 8.11. The van der Waals surface area contributed by atoms with Crippen molar-refractivity contribution in [1.82, 2.24) is 5.32 Å². The first kappa shape index (κ1) is 19.8. The van der Waals surface area contributed by atoms with E-state index in [0.717, 1.165) is 24.4 Å². The Balaban J connectivity index is 1.95. The van der Waals surface area contributed by atoms with E-state index in [1.54, 1.807) is 12.1 Å². The lowest BCUT2D eigenvalue weighted by molar-refractivity contribution is -0.138. The molecule has 0 bridgehead atoms. The first-order chi connectivity index (χ1) is 13.7. The van der Waals surface area contributed by atoms with Crippen molar-refractivity contribution in [3.05, 3.63) is 59.7 Å². The molecule has 1 atom stereocenters. The largest absolute Gasteiger partial charge is 0.416 e. The number of barbiturate groups is 1. The van der Waals surface area contributed by atoms with Gasteiger partial charge in [0.2, 0.25) is 5.91 Å². The molecule has 0 radical (unpaired) electrons. The molecular weight excluding hydrogens is 389 g/mol. The van der Waals surface area contributed by atoms with Crippen molar-refractivity contribution in [3.63, 3.8) is 0 Å². The quantitative estimate of drug-likeness (QED) is 0.631. The maximum absolute atomic E-state index is 12.9. The average Bonchev–Trinajstić information content (AvgIpc) is 2.67. The van der Waals surface area contributed by atoms with Crippen LogP contribution in [0, 0.1) is 17.2 Å². The Hall–Kier alpha value is -4.00. The summed E-state index contributed by atoms with van der Waals surface area (Å²) in [6.07, 6.45) is -3.73. The summed E-state index contributed by atoms with van der Waals surface area (Å²) < 4.78 is 38.8. The third-order valence-corrected chi connectivity index (χ3v) is 4.02. The van der Waals surface area contributed by atoms with E-state index >= 15 is 0 Å². The van der Waals surface area contributed by atoms with Crippen LogP contribution >= 0.6 is 0 Å². The van der Waals surface area contributed by atoms with E-state index in [1.165, 1.54) is 12.1 Å². The molecule has 0 aliphatic carbocycles. The fraction of sp³-hybridized carbons (Fsp3) is 0.105. The average molecular weight is 400 g/mol. The molecule has 0 spiro atoms. The Morgan fingerprint density at radius 3 is 2.52 bits per heavy atom. The van der Waals surface area contributed by atoms with Gasteiger partial charge in [0.1, 0.15) is 6.07 Å². The number of benzene rings is 2. The minimum Gasteiger partial charge on any atom is -0.276 e. The van der Waals surface area contributed by atoms with Gasteiger partial charge < -0.3 is 0 Å². The number of nitrogens with one attached hydrogen (secondary N) is 1. The molecule has 7 nitrogen and oxygen atoms in total. The predicted molar refractivity (Wildman–Crippen MR) is 95.3 cm³/mol. The second-order valence-corrected chi connectivity index (χ2v) is 5.90. The molecule has 29 heavy (non-hydrogen) atoms. The summed E-state index contributed by atoms with van der Waals surface area (Å²) >= 11 is 0. The van der Waals surface area contributed by atoms with Gasteiger partial charge in [-0.15, -0.1) is 0 Å². The number of imide groups is 2. The van der Waals surface area contributed by atoms with Crippen LogP contribution in [-0.2, 0) is 15.8 Å². The standard InChI is InChI=1S/C19H11F3N4O3/c20-19(21,22)12-5-3-6-13(8-12)26-17(28)14(16(27)25-18(26)29)10-24-15-7-2-1-4-11(15)9-23/h1-8,10,14H,(H,25,27,29)/t14-/m1/s1. The molecule has 0 aromatic heterocycles. The lowest BCUT2D eigenvalue weighted by Crippen LogP contribution is -2.58. The summed E-state index contributed by atoms with van der Waals surface area (Å²) in [7, 11) is 0. The predicted octanol–water partition coefficient (Wildman–Crippen LogP) is 3.18. The lowest BCUT2D eigenvalue weighted by atomic mass is 10.0. The molecule has 0 unspecified atom stereocenters. The monoisotopic (exact) mass is 400 g/mol. The van der Waals surface area contributed by atoms with E-state index in [2.05, 4.69) is 4.99 Å². The number of halogens is 3. The van der Waals surface area contributed by atoms with E-state index in [4.69, 9.17) is 5.26 Å². The fourth-order valence-electron chi connectivity index (χ4n) is 2.62. The Morgan fingerprint density at radius 2 is 1.83 bits per heavy atom. The Bertz CT molecular complexity index is 1070. The Kier molecular flexibility index (Phi) is 5.14. The topological polar surface area (TPSA) is 103 Å². The minimum atomic E-state index is -4.68. The molecule has 0 saturated carbocycles. The molecule has 1 N–H and O–H groups in total. The first-order valence-electron chi connectivity index (χ1n) is 8.11. The zero-order valence-electron chi connectivity index (χ0n) is 14.5. The van der Waals surface area contributed by atoms with Crippen LogP contribution in [0.2, 0.25) is 0 Å². The highest BCUT2D eigenvalue weighted by Crippen LogP contribution is 2.32. The zero-order valence-corrected chi connectivity index (χ0v) is 14.5. The van der Waals surface area contributed by atoms with E-state index in [9.17, 15) is 27.6 Å². The number of carbonyl (C=O) groups excluding carboxylic acids is 3. The maximum atomic E-state index is 12.9. The number of carbonyl (C=O) groups is 3. The number of nitriles is 1. The third-order valence-electron chi connectivity index (χ3n) is 4.02. The SMILES string of the molecule is N#Cc1ccccc1N=C[C@@H]1C(=O)NC(=O)N(c2cccc(C(F)(F)F)c2)C1=O. The van der Waals surface area contributed by atoms with Crippen molar-refractivity contribution in [2.75, 3.05) is 4.90 Å². The van der Waals surface area contributed by atoms with Crippen LogP contribution in [0.4, 0.5) is 29.3 Å². The highest BCUT2D eigenvalue weighted by molar-refractivity contribution is 6.32. The van der Waals surface area contributed by atoms with Crippen LogP contribution in [0.5, 0.6) is 0 Å². The lowest BCUT2D eigenvalue weighted by Gasteiger charge is -2.28. The van der Waals surface area contributed by atoms with Crippen molar-refractivity contribution < 1.29 is 27.6 Å². The molecule has 146 valence electrons. The van der Waals surface area contributed by atoms with E-state index in [-0.39, 0.29) is 16.9 Å². The van der Waals surface area contributed by atoms with Crippen molar-refractivity contribution in [3.8, 4) is 6.07 Å². The number of hydrogen-bond donors (Lipinski definition) is 1. The summed E-state index contributed by atoms with van der Waals surface area (Å²) in [5.41, 5.74) is -1.01. The summed E-state index contributed by atoms with van der Waals surface area (Å²) in [6.45, 7) is 0. The molecule has 1 fully saturated rings. The highest BCUT2D eigenvalue weighted by atomic mass is 19.4. The van der Waals surface area contributed by atoms with Crippen molar-refractivity contribution in [1.29, 1.82) is 5.26 Å². The van der Waals surface area contributed by atoms with Crippen molar-refractivity contribution in [2.45, 2.75) is 6.18 Å². The molecule has 2 aromatic rings. The number of alkyl halides is 3. The number of para-hydroxylation sites is 1. The number of rotatable bonds is 3. The number of amides is 4. The summed E-state index contributed by atoms with van der Waals surface area (Å²) in [5.74, 6) is -3.59. The Labute approximate surface area is 162 Å². The molecular formula is C19H11F3N4O3. The molecule has 1 aliphatic rings. The summed E-state index contributed by atoms with van der Waals surface area (Å²) in [6, 6.07) is 10.5. The highest BCUT2D eigenvalue weighted by Gasteiger charge is 2.41. The zero-order chi connectivity index (χ0) is 21.2. The number of hydrogen-bond acceptors (Lipinski definition) is 5. The van der Waals surface area contributed by atoms with Gasteiger partial charge in [-0.1, -0.05) is 18.2 Å². The van der Waals surface area contributed by atoms with E-state index < -0.39 is 35.5 Å². The number of nitrogens with zero attached hydrogens (tertiary/aromatic N) is 3. The van der Waals surface area contributed by atoms with Crippen LogP contribution in [0.3, 0.4) is 0 Å². The maximum Gasteiger partial charge on any atom is 0.416 e. The molecule has 1 saturated heterocycles. The molecule has 2 aromatic carbocycles. The van der Waals surface area contributed by atoms with E-state index in [1.807, 2.05) is 11.4 Å². The smallest absolute Gasteiger partial charge is 0.276 e.